The monoisotopic (exact) mass is 394 g/mol. The molecule has 0 radical (unpaired) electrons. The molecule has 2 heterocycles. The summed E-state index contributed by atoms with van der Waals surface area (Å²) in [5, 5.41) is 0. The van der Waals surface area contributed by atoms with Crippen LogP contribution in [-0.4, -0.2) is 31.3 Å². The van der Waals surface area contributed by atoms with Crippen molar-refractivity contribution in [3.63, 3.8) is 0 Å². The Bertz CT molecular complexity index is 978. The molecule has 2 aromatic carbocycles. The van der Waals surface area contributed by atoms with E-state index >= 15 is 0 Å². The number of benzene rings is 2. The number of aromatic nitrogens is 1. The number of pyridine rings is 1. The van der Waals surface area contributed by atoms with E-state index in [9.17, 15) is 4.39 Å². The number of aryl methyl sites for hydroxylation is 1. The average Bonchev–Trinajstić information content (AvgIpc) is 3.18. The number of halogens is 1. The van der Waals surface area contributed by atoms with E-state index < -0.39 is 0 Å². The Balaban J connectivity index is 1.42. The van der Waals surface area contributed by atoms with Crippen molar-refractivity contribution in [1.29, 1.82) is 0 Å². The third-order valence-corrected chi connectivity index (χ3v) is 4.94. The lowest BCUT2D eigenvalue weighted by atomic mass is 10.1. The number of hydrogen-bond acceptors (Lipinski definition) is 5. The first-order valence-corrected chi connectivity index (χ1v) is 9.57. The standard InChI is InChI=1S/C23H23FN2O3/c1-16-13-18(28-22-6-4-3-5-21(22)27-2)8-9-20(16)26-12-11-19(15-26)29-23-10-7-17(24)14-25-23/h3-10,13-14,19H,11-12,15H2,1-2H3. The highest BCUT2D eigenvalue weighted by Crippen LogP contribution is 2.34. The summed E-state index contributed by atoms with van der Waals surface area (Å²) in [6.45, 7) is 3.71. The van der Waals surface area contributed by atoms with Crippen molar-refractivity contribution in [2.24, 2.45) is 0 Å². The van der Waals surface area contributed by atoms with Crippen molar-refractivity contribution in [3.8, 4) is 23.1 Å². The molecule has 1 aliphatic heterocycles. The second-order valence-electron chi connectivity index (χ2n) is 6.99. The Hall–Kier alpha value is -3.28. The van der Waals surface area contributed by atoms with Crippen molar-refractivity contribution in [3.05, 3.63) is 72.2 Å². The van der Waals surface area contributed by atoms with Crippen LogP contribution in [0, 0.1) is 12.7 Å². The molecule has 1 atom stereocenters. The van der Waals surface area contributed by atoms with E-state index in [2.05, 4.69) is 22.9 Å². The predicted octanol–water partition coefficient (Wildman–Crippen LogP) is 4.99. The Morgan fingerprint density at radius 2 is 1.90 bits per heavy atom. The summed E-state index contributed by atoms with van der Waals surface area (Å²) >= 11 is 0. The molecule has 0 amide bonds. The lowest BCUT2D eigenvalue weighted by Crippen LogP contribution is -2.25. The van der Waals surface area contributed by atoms with E-state index in [0.717, 1.165) is 36.5 Å². The van der Waals surface area contributed by atoms with Crippen LogP contribution in [0.15, 0.2) is 60.8 Å². The minimum atomic E-state index is -0.364. The molecule has 1 saturated heterocycles. The van der Waals surface area contributed by atoms with Crippen LogP contribution in [-0.2, 0) is 0 Å². The minimum absolute atomic E-state index is 0.0249. The van der Waals surface area contributed by atoms with Gasteiger partial charge in [-0.05, 0) is 48.9 Å². The van der Waals surface area contributed by atoms with Crippen LogP contribution in [0.4, 0.5) is 10.1 Å². The van der Waals surface area contributed by atoms with Gasteiger partial charge in [-0.25, -0.2) is 9.37 Å². The molecular formula is C23H23FN2O3. The van der Waals surface area contributed by atoms with Crippen LogP contribution in [0.2, 0.25) is 0 Å². The van der Waals surface area contributed by atoms with Gasteiger partial charge in [0.05, 0.1) is 19.9 Å². The molecule has 0 saturated carbocycles. The summed E-state index contributed by atoms with van der Waals surface area (Å²) in [6, 6.07) is 16.6. The molecule has 0 spiro atoms. The van der Waals surface area contributed by atoms with Crippen LogP contribution in [0.3, 0.4) is 0 Å². The molecular weight excluding hydrogens is 371 g/mol. The maximum absolute atomic E-state index is 13.0. The molecule has 1 aliphatic rings. The maximum atomic E-state index is 13.0. The number of hydrogen-bond donors (Lipinski definition) is 0. The molecule has 5 nitrogen and oxygen atoms in total. The lowest BCUT2D eigenvalue weighted by Gasteiger charge is -2.21. The summed E-state index contributed by atoms with van der Waals surface area (Å²) in [6.07, 6.45) is 2.09. The van der Waals surface area contributed by atoms with E-state index in [1.807, 2.05) is 36.4 Å². The van der Waals surface area contributed by atoms with Gasteiger partial charge in [-0.15, -0.1) is 0 Å². The van der Waals surface area contributed by atoms with Gasteiger partial charge in [0.2, 0.25) is 5.88 Å². The number of nitrogens with zero attached hydrogens (tertiary/aromatic N) is 2. The number of ether oxygens (including phenoxy) is 3. The normalized spacial score (nSPS) is 16.0. The SMILES string of the molecule is COc1ccccc1Oc1ccc(N2CCC(Oc3ccc(F)cn3)C2)c(C)c1. The van der Waals surface area contributed by atoms with Gasteiger partial charge < -0.3 is 19.1 Å². The first-order valence-electron chi connectivity index (χ1n) is 9.57. The van der Waals surface area contributed by atoms with Crippen molar-refractivity contribution < 1.29 is 18.6 Å². The zero-order chi connectivity index (χ0) is 20.2. The Kier molecular flexibility index (Phi) is 5.51. The van der Waals surface area contributed by atoms with Crippen molar-refractivity contribution in [2.45, 2.75) is 19.4 Å². The maximum Gasteiger partial charge on any atom is 0.213 e. The van der Waals surface area contributed by atoms with Crippen molar-refractivity contribution >= 4 is 5.69 Å². The number of anilines is 1. The summed E-state index contributed by atoms with van der Waals surface area (Å²) in [4.78, 5) is 6.27. The molecule has 0 N–H and O–H groups in total. The zero-order valence-electron chi connectivity index (χ0n) is 16.5. The number of rotatable bonds is 6. The highest BCUT2D eigenvalue weighted by atomic mass is 19.1. The molecule has 0 aliphatic carbocycles. The van der Waals surface area contributed by atoms with Gasteiger partial charge in [-0.2, -0.15) is 0 Å². The van der Waals surface area contributed by atoms with E-state index in [0.29, 0.717) is 17.4 Å². The van der Waals surface area contributed by atoms with Crippen LogP contribution < -0.4 is 19.1 Å². The first-order chi connectivity index (χ1) is 14.1. The van der Waals surface area contributed by atoms with Gasteiger partial charge in [0.25, 0.3) is 0 Å². The van der Waals surface area contributed by atoms with E-state index in [4.69, 9.17) is 14.2 Å². The molecule has 150 valence electrons. The average molecular weight is 394 g/mol. The Morgan fingerprint density at radius 3 is 2.62 bits per heavy atom. The van der Waals surface area contributed by atoms with E-state index in [1.165, 1.54) is 12.3 Å². The van der Waals surface area contributed by atoms with Gasteiger partial charge in [0, 0.05) is 24.7 Å². The van der Waals surface area contributed by atoms with E-state index in [-0.39, 0.29) is 11.9 Å². The lowest BCUT2D eigenvalue weighted by molar-refractivity contribution is 0.215. The zero-order valence-corrected chi connectivity index (χ0v) is 16.5. The molecule has 1 aromatic heterocycles. The third kappa shape index (κ3) is 4.42. The summed E-state index contributed by atoms with van der Waals surface area (Å²) in [5.74, 6) is 2.23. The molecule has 6 heteroatoms. The second kappa shape index (κ2) is 8.39. The van der Waals surface area contributed by atoms with E-state index in [1.54, 1.807) is 13.2 Å². The van der Waals surface area contributed by atoms with Crippen molar-refractivity contribution in [1.82, 2.24) is 4.98 Å². The van der Waals surface area contributed by atoms with Crippen LogP contribution >= 0.6 is 0 Å². The van der Waals surface area contributed by atoms with Gasteiger partial charge >= 0.3 is 0 Å². The fourth-order valence-electron chi connectivity index (χ4n) is 3.52. The molecule has 29 heavy (non-hydrogen) atoms. The first kappa shape index (κ1) is 19.1. The van der Waals surface area contributed by atoms with Crippen LogP contribution in [0.1, 0.15) is 12.0 Å². The van der Waals surface area contributed by atoms with Gasteiger partial charge in [0.1, 0.15) is 17.7 Å². The fourth-order valence-corrected chi connectivity index (χ4v) is 3.52. The minimum Gasteiger partial charge on any atom is -0.493 e. The molecule has 1 fully saturated rings. The number of methoxy groups -OCH3 is 1. The van der Waals surface area contributed by atoms with Gasteiger partial charge in [0.15, 0.2) is 11.5 Å². The summed E-state index contributed by atoms with van der Waals surface area (Å²) in [7, 11) is 1.63. The second-order valence-corrected chi connectivity index (χ2v) is 6.99. The largest absolute Gasteiger partial charge is 0.493 e. The predicted molar refractivity (Wildman–Crippen MR) is 110 cm³/mol. The smallest absolute Gasteiger partial charge is 0.213 e. The Morgan fingerprint density at radius 1 is 1.07 bits per heavy atom. The summed E-state index contributed by atoms with van der Waals surface area (Å²) in [5.41, 5.74) is 2.27. The molecule has 3 aromatic rings. The van der Waals surface area contributed by atoms with Crippen LogP contribution in [0.5, 0.6) is 23.1 Å². The van der Waals surface area contributed by atoms with Gasteiger partial charge in [-0.1, -0.05) is 12.1 Å². The van der Waals surface area contributed by atoms with Gasteiger partial charge in [-0.3, -0.25) is 0 Å². The fraction of sp³-hybridized carbons (Fsp3) is 0.261. The third-order valence-electron chi connectivity index (χ3n) is 4.94. The quantitative estimate of drug-likeness (QED) is 0.589. The van der Waals surface area contributed by atoms with Crippen molar-refractivity contribution in [2.75, 3.05) is 25.1 Å². The molecule has 4 rings (SSSR count). The highest BCUT2D eigenvalue weighted by molar-refractivity contribution is 5.57. The number of para-hydroxylation sites is 2. The highest BCUT2D eigenvalue weighted by Gasteiger charge is 2.25. The topological polar surface area (TPSA) is 43.8 Å². The van der Waals surface area contributed by atoms with Crippen LogP contribution in [0.25, 0.3) is 0 Å². The summed E-state index contributed by atoms with van der Waals surface area (Å²) < 4.78 is 30.2. The molecule has 1 unspecified atom stereocenters. The Labute approximate surface area is 169 Å². The molecule has 0 bridgehead atoms.